The molecule has 1 aromatic rings. The Hall–Kier alpha value is -1.56. The van der Waals surface area contributed by atoms with Crippen molar-refractivity contribution in [2.45, 2.75) is 54.9 Å². The maximum absolute atomic E-state index is 11.9. The first-order valence-corrected chi connectivity index (χ1v) is 8.80. The normalized spacial score (nSPS) is 42.3. The quantitative estimate of drug-likeness (QED) is 0.709. The highest BCUT2D eigenvalue weighted by Gasteiger charge is 2.72. The van der Waals surface area contributed by atoms with Gasteiger partial charge in [0.05, 0.1) is 17.1 Å². The van der Waals surface area contributed by atoms with E-state index < -0.39 is 23.2 Å². The van der Waals surface area contributed by atoms with E-state index in [9.17, 15) is 15.3 Å². The van der Waals surface area contributed by atoms with Crippen LogP contribution in [0, 0.1) is 0 Å². The Balaban J connectivity index is 1.78. The number of phenolic OH excluding ortho intramolecular Hbond substituents is 1. The van der Waals surface area contributed by atoms with E-state index in [2.05, 4.69) is 11.5 Å². The van der Waals surface area contributed by atoms with Crippen molar-refractivity contribution >= 4 is 0 Å². The Morgan fingerprint density at radius 3 is 3.00 bits per heavy atom. The van der Waals surface area contributed by atoms with Gasteiger partial charge >= 0.3 is 0 Å². The van der Waals surface area contributed by atoms with Crippen LogP contribution in [0.25, 0.3) is 0 Å². The van der Waals surface area contributed by atoms with Gasteiger partial charge in [-0.25, -0.2) is 0 Å². The van der Waals surface area contributed by atoms with Gasteiger partial charge in [0.15, 0.2) is 11.5 Å². The average molecular weight is 329 g/mol. The van der Waals surface area contributed by atoms with Gasteiger partial charge in [0, 0.05) is 18.2 Å². The molecule has 0 amide bonds. The Morgan fingerprint density at radius 1 is 1.38 bits per heavy atom. The SMILES string of the molecule is C=CCN1CCC23c4c5ccc(O)c4O[C@@H]2C(O)CCC3(O)C1C5. The Kier molecular flexibility index (Phi) is 2.79. The summed E-state index contributed by atoms with van der Waals surface area (Å²) in [6.45, 7) is 5.44. The minimum atomic E-state index is -0.940. The number of ether oxygens (including phenoxy) is 1. The number of aliphatic hydroxyl groups excluding tert-OH is 1. The number of phenols is 1. The van der Waals surface area contributed by atoms with Crippen molar-refractivity contribution in [2.24, 2.45) is 0 Å². The highest BCUT2D eigenvalue weighted by molar-refractivity contribution is 5.62. The van der Waals surface area contributed by atoms with Crippen LogP contribution in [0.3, 0.4) is 0 Å². The molecule has 5 atom stereocenters. The molecule has 24 heavy (non-hydrogen) atoms. The van der Waals surface area contributed by atoms with E-state index in [-0.39, 0.29) is 11.8 Å². The van der Waals surface area contributed by atoms with E-state index in [1.807, 2.05) is 12.1 Å². The van der Waals surface area contributed by atoms with Crippen LogP contribution in [0.5, 0.6) is 11.5 Å². The molecule has 1 aromatic carbocycles. The molecule has 4 aliphatic rings. The van der Waals surface area contributed by atoms with Crippen molar-refractivity contribution in [3.63, 3.8) is 0 Å². The zero-order valence-corrected chi connectivity index (χ0v) is 13.6. The van der Waals surface area contributed by atoms with E-state index >= 15 is 0 Å². The fourth-order valence-corrected chi connectivity index (χ4v) is 5.99. The summed E-state index contributed by atoms with van der Waals surface area (Å²) in [6, 6.07) is 3.62. The number of hydrogen-bond donors (Lipinski definition) is 3. The number of aliphatic hydroxyl groups is 2. The first-order chi connectivity index (χ1) is 11.5. The molecule has 128 valence electrons. The van der Waals surface area contributed by atoms with Crippen molar-refractivity contribution in [1.82, 2.24) is 4.90 Å². The summed E-state index contributed by atoms with van der Waals surface area (Å²) in [5, 5.41) is 32.8. The van der Waals surface area contributed by atoms with Crippen LogP contribution in [-0.2, 0) is 11.8 Å². The Labute approximate surface area is 141 Å². The smallest absolute Gasteiger partial charge is 0.165 e. The molecule has 1 saturated heterocycles. The van der Waals surface area contributed by atoms with Crippen molar-refractivity contribution in [3.8, 4) is 11.5 Å². The lowest BCUT2D eigenvalue weighted by atomic mass is 9.48. The predicted octanol–water partition coefficient (Wildman–Crippen LogP) is 1.09. The van der Waals surface area contributed by atoms with Gasteiger partial charge in [-0.1, -0.05) is 12.1 Å². The van der Waals surface area contributed by atoms with Crippen LogP contribution < -0.4 is 4.74 Å². The van der Waals surface area contributed by atoms with Gasteiger partial charge in [-0.05, 0) is 43.9 Å². The zero-order valence-electron chi connectivity index (χ0n) is 13.6. The number of piperidine rings is 1. The predicted molar refractivity (Wildman–Crippen MR) is 88.3 cm³/mol. The monoisotopic (exact) mass is 329 g/mol. The summed E-state index contributed by atoms with van der Waals surface area (Å²) in [5.41, 5.74) is 0.518. The topological polar surface area (TPSA) is 73.2 Å². The van der Waals surface area contributed by atoms with E-state index in [0.717, 1.165) is 37.1 Å². The van der Waals surface area contributed by atoms with Gasteiger partial charge in [-0.3, -0.25) is 4.90 Å². The zero-order chi connectivity index (χ0) is 16.7. The minimum absolute atomic E-state index is 0.00848. The third-order valence-corrected chi connectivity index (χ3v) is 6.91. The summed E-state index contributed by atoms with van der Waals surface area (Å²) in [7, 11) is 0. The molecular formula is C19H23NO4. The molecular weight excluding hydrogens is 306 g/mol. The summed E-state index contributed by atoms with van der Waals surface area (Å²) in [4.78, 5) is 2.31. The van der Waals surface area contributed by atoms with Crippen LogP contribution in [-0.4, -0.2) is 57.2 Å². The lowest BCUT2D eigenvalue weighted by Gasteiger charge is -2.63. The first kappa shape index (κ1) is 14.8. The number of nitrogens with zero attached hydrogens (tertiary/aromatic N) is 1. The molecule has 5 rings (SSSR count). The van der Waals surface area contributed by atoms with Crippen molar-refractivity contribution < 1.29 is 20.1 Å². The van der Waals surface area contributed by atoms with Crippen molar-refractivity contribution in [3.05, 3.63) is 35.9 Å². The Morgan fingerprint density at radius 2 is 2.21 bits per heavy atom. The second kappa shape index (κ2) is 4.54. The second-order valence-corrected chi connectivity index (χ2v) is 7.74. The summed E-state index contributed by atoms with van der Waals surface area (Å²) in [6.07, 6.45) is 3.33. The molecule has 0 radical (unpaired) electrons. The molecule has 5 heteroatoms. The fraction of sp³-hybridized carbons (Fsp3) is 0.579. The molecule has 1 spiro atoms. The summed E-state index contributed by atoms with van der Waals surface area (Å²) in [5.74, 6) is 0.589. The van der Waals surface area contributed by atoms with Crippen LogP contribution in [0.4, 0.5) is 0 Å². The second-order valence-electron chi connectivity index (χ2n) is 7.74. The Bertz CT molecular complexity index is 734. The van der Waals surface area contributed by atoms with Gasteiger partial charge in [0.25, 0.3) is 0 Å². The van der Waals surface area contributed by atoms with Gasteiger partial charge in [0.1, 0.15) is 6.10 Å². The molecule has 3 N–H and O–H groups in total. The van der Waals surface area contributed by atoms with Gasteiger partial charge in [-0.2, -0.15) is 0 Å². The number of aromatic hydroxyl groups is 1. The first-order valence-electron chi connectivity index (χ1n) is 8.80. The van der Waals surface area contributed by atoms with E-state index in [1.54, 1.807) is 6.07 Å². The highest BCUT2D eigenvalue weighted by Crippen LogP contribution is 2.65. The number of hydrogen-bond acceptors (Lipinski definition) is 5. The number of rotatable bonds is 2. The van der Waals surface area contributed by atoms with Gasteiger partial charge < -0.3 is 20.1 Å². The minimum Gasteiger partial charge on any atom is -0.504 e. The molecule has 2 heterocycles. The largest absolute Gasteiger partial charge is 0.504 e. The molecule has 0 aromatic heterocycles. The summed E-state index contributed by atoms with van der Waals surface area (Å²) < 4.78 is 6.08. The van der Waals surface area contributed by atoms with Crippen LogP contribution >= 0.6 is 0 Å². The number of likely N-dealkylation sites (tertiary alicyclic amines) is 1. The maximum Gasteiger partial charge on any atom is 0.165 e. The lowest BCUT2D eigenvalue weighted by Crippen LogP contribution is -2.77. The molecule has 1 saturated carbocycles. The standard InChI is InChI=1S/C19H23NO4/c1-2-8-20-9-7-18-15-11-3-4-12(21)16(15)24-17(18)13(22)5-6-19(18,23)14(20)10-11/h2-4,13-14,17,21-23H,1,5-10H2/t13?,14?,17-,18?,19?/m1/s1. The maximum atomic E-state index is 11.9. The number of benzene rings is 1. The third kappa shape index (κ3) is 1.43. The van der Waals surface area contributed by atoms with Gasteiger partial charge in [0.2, 0.25) is 0 Å². The fourth-order valence-electron chi connectivity index (χ4n) is 5.99. The van der Waals surface area contributed by atoms with Crippen LogP contribution in [0.1, 0.15) is 30.4 Å². The van der Waals surface area contributed by atoms with E-state index in [4.69, 9.17) is 4.74 Å². The van der Waals surface area contributed by atoms with Crippen LogP contribution in [0.15, 0.2) is 24.8 Å². The highest BCUT2D eigenvalue weighted by atomic mass is 16.5. The third-order valence-electron chi connectivity index (χ3n) is 6.91. The van der Waals surface area contributed by atoms with E-state index in [0.29, 0.717) is 18.6 Å². The average Bonchev–Trinajstić information content (AvgIpc) is 2.91. The molecule has 2 fully saturated rings. The molecule has 5 nitrogen and oxygen atoms in total. The van der Waals surface area contributed by atoms with Crippen molar-refractivity contribution in [1.29, 1.82) is 0 Å². The van der Waals surface area contributed by atoms with Crippen molar-refractivity contribution in [2.75, 3.05) is 13.1 Å². The lowest BCUT2D eigenvalue weighted by molar-refractivity contribution is -0.206. The molecule has 2 aliphatic carbocycles. The summed E-state index contributed by atoms with van der Waals surface area (Å²) >= 11 is 0. The molecule has 2 aliphatic heterocycles. The molecule has 4 unspecified atom stereocenters. The van der Waals surface area contributed by atoms with E-state index in [1.165, 1.54) is 0 Å². The van der Waals surface area contributed by atoms with Crippen LogP contribution in [0.2, 0.25) is 0 Å². The molecule has 2 bridgehead atoms. The van der Waals surface area contributed by atoms with Gasteiger partial charge in [-0.15, -0.1) is 6.58 Å².